The number of anilines is 1. The first-order valence-corrected chi connectivity index (χ1v) is 14.1. The number of imidazole rings is 1. The van der Waals surface area contributed by atoms with Gasteiger partial charge in [0.25, 0.3) is 5.91 Å². The number of phenols is 1. The van der Waals surface area contributed by atoms with Gasteiger partial charge in [0, 0.05) is 17.4 Å². The molecule has 4 aromatic heterocycles. The van der Waals surface area contributed by atoms with E-state index in [-0.39, 0.29) is 23.3 Å². The SMILES string of the molecule is COc1cncc(-c2ccc3nc(-c4cccnc4N)n(-c4ccc5c(c4)CC[C@@H]5NC(=O)c4ccc(O)c(C=O)c4)c3n2)n1. The molecule has 0 radical (unpaired) electrons. The predicted octanol–water partition coefficient (Wildman–Crippen LogP) is 4.47. The molecular formula is C33H26N8O4. The molecule has 0 spiro atoms. The minimum absolute atomic E-state index is 0.0620. The topological polar surface area (TPSA) is 171 Å². The van der Waals surface area contributed by atoms with Gasteiger partial charge in [0.15, 0.2) is 17.8 Å². The van der Waals surface area contributed by atoms with Crippen LogP contribution in [0.2, 0.25) is 0 Å². The van der Waals surface area contributed by atoms with Gasteiger partial charge in [0.05, 0.1) is 42.4 Å². The molecule has 4 N–H and O–H groups in total. The fourth-order valence-electron chi connectivity index (χ4n) is 5.63. The Balaban J connectivity index is 1.29. The summed E-state index contributed by atoms with van der Waals surface area (Å²) < 4.78 is 7.21. The molecule has 6 aromatic rings. The molecule has 0 fully saturated rings. The van der Waals surface area contributed by atoms with Crippen LogP contribution >= 0.6 is 0 Å². The summed E-state index contributed by atoms with van der Waals surface area (Å²) in [6, 6.07) is 17.4. The monoisotopic (exact) mass is 598 g/mol. The number of nitrogens with two attached hydrogens (primary N) is 1. The molecule has 222 valence electrons. The Labute approximate surface area is 256 Å². The summed E-state index contributed by atoms with van der Waals surface area (Å²) in [6.45, 7) is 0. The summed E-state index contributed by atoms with van der Waals surface area (Å²) in [4.78, 5) is 47.2. The molecule has 1 aliphatic carbocycles. The van der Waals surface area contributed by atoms with Crippen LogP contribution in [0.15, 0.2) is 79.3 Å². The lowest BCUT2D eigenvalue weighted by Gasteiger charge is -2.16. The average Bonchev–Trinajstić information content (AvgIpc) is 3.65. The highest BCUT2D eigenvalue weighted by Crippen LogP contribution is 2.36. The van der Waals surface area contributed by atoms with Gasteiger partial charge in [0.1, 0.15) is 22.8 Å². The number of amides is 1. The van der Waals surface area contributed by atoms with Crippen LogP contribution in [0.5, 0.6) is 11.6 Å². The van der Waals surface area contributed by atoms with E-state index in [1.165, 1.54) is 31.5 Å². The number of aldehydes is 1. The van der Waals surface area contributed by atoms with E-state index in [0.29, 0.717) is 63.9 Å². The molecule has 45 heavy (non-hydrogen) atoms. The van der Waals surface area contributed by atoms with Crippen LogP contribution in [0.25, 0.3) is 39.6 Å². The Morgan fingerprint density at radius 1 is 1.07 bits per heavy atom. The lowest BCUT2D eigenvalue weighted by atomic mass is 10.1. The summed E-state index contributed by atoms with van der Waals surface area (Å²) in [5.41, 5.74) is 12.6. The van der Waals surface area contributed by atoms with E-state index in [1.807, 2.05) is 41.0 Å². The van der Waals surface area contributed by atoms with Gasteiger partial charge in [0.2, 0.25) is 5.88 Å². The molecule has 7 rings (SSSR count). The van der Waals surface area contributed by atoms with Crippen LogP contribution in [-0.4, -0.2) is 53.9 Å². The van der Waals surface area contributed by atoms with E-state index in [1.54, 1.807) is 12.4 Å². The molecule has 12 nitrogen and oxygen atoms in total. The number of carbonyl (C=O) groups is 2. The molecule has 1 amide bonds. The number of aromatic hydroxyl groups is 1. The lowest BCUT2D eigenvalue weighted by Crippen LogP contribution is -2.27. The molecule has 0 unspecified atom stereocenters. The molecule has 1 atom stereocenters. The van der Waals surface area contributed by atoms with Crippen molar-refractivity contribution in [1.82, 2.24) is 34.8 Å². The number of fused-ring (bicyclic) bond motifs is 2. The fourth-order valence-corrected chi connectivity index (χ4v) is 5.63. The second-order valence-electron chi connectivity index (χ2n) is 10.5. The summed E-state index contributed by atoms with van der Waals surface area (Å²) in [5, 5.41) is 12.9. The molecule has 0 saturated carbocycles. The second-order valence-corrected chi connectivity index (χ2v) is 10.5. The van der Waals surface area contributed by atoms with Crippen LogP contribution in [0.4, 0.5) is 5.82 Å². The van der Waals surface area contributed by atoms with Crippen LogP contribution in [0.3, 0.4) is 0 Å². The van der Waals surface area contributed by atoms with Crippen molar-refractivity contribution in [2.75, 3.05) is 12.8 Å². The number of aromatic nitrogens is 6. The molecule has 0 saturated heterocycles. The number of hydrogen-bond donors (Lipinski definition) is 3. The Kier molecular flexibility index (Phi) is 6.85. The van der Waals surface area contributed by atoms with E-state index in [9.17, 15) is 14.7 Å². The number of nitrogen functional groups attached to an aromatic ring is 1. The number of phenolic OH excluding ortho intramolecular Hbond substituents is 1. The fraction of sp³-hybridized carbons (Fsp3) is 0.121. The van der Waals surface area contributed by atoms with Crippen molar-refractivity contribution in [3.8, 4) is 40.1 Å². The predicted molar refractivity (Wildman–Crippen MR) is 166 cm³/mol. The largest absolute Gasteiger partial charge is 0.507 e. The number of methoxy groups -OCH3 is 1. The van der Waals surface area contributed by atoms with Gasteiger partial charge in [-0.15, -0.1) is 0 Å². The third kappa shape index (κ3) is 4.97. The lowest BCUT2D eigenvalue weighted by molar-refractivity contribution is 0.0936. The van der Waals surface area contributed by atoms with Crippen molar-refractivity contribution < 1.29 is 19.4 Å². The van der Waals surface area contributed by atoms with Crippen molar-refractivity contribution >= 4 is 29.2 Å². The van der Waals surface area contributed by atoms with Crippen LogP contribution in [-0.2, 0) is 6.42 Å². The number of rotatable bonds is 7. The molecular weight excluding hydrogens is 572 g/mol. The number of nitrogens with zero attached hydrogens (tertiary/aromatic N) is 6. The van der Waals surface area contributed by atoms with E-state index >= 15 is 0 Å². The summed E-state index contributed by atoms with van der Waals surface area (Å²) in [6.07, 6.45) is 6.74. The Morgan fingerprint density at radius 3 is 2.78 bits per heavy atom. The van der Waals surface area contributed by atoms with E-state index < -0.39 is 0 Å². The van der Waals surface area contributed by atoms with Gasteiger partial charge in [-0.1, -0.05) is 6.07 Å². The molecule has 12 heteroatoms. The average molecular weight is 599 g/mol. The van der Waals surface area contributed by atoms with E-state index in [4.69, 9.17) is 20.4 Å². The zero-order valence-corrected chi connectivity index (χ0v) is 24.0. The first-order chi connectivity index (χ1) is 21.9. The maximum atomic E-state index is 13.0. The minimum atomic E-state index is -0.327. The molecule has 4 heterocycles. The Morgan fingerprint density at radius 2 is 1.96 bits per heavy atom. The zero-order chi connectivity index (χ0) is 31.1. The highest BCUT2D eigenvalue weighted by molar-refractivity contribution is 5.96. The smallest absolute Gasteiger partial charge is 0.251 e. The Bertz CT molecular complexity index is 2130. The summed E-state index contributed by atoms with van der Waals surface area (Å²) >= 11 is 0. The highest BCUT2D eigenvalue weighted by Gasteiger charge is 2.26. The van der Waals surface area contributed by atoms with Crippen LogP contribution < -0.4 is 15.8 Å². The quantitative estimate of drug-likeness (QED) is 0.223. The van der Waals surface area contributed by atoms with E-state index in [0.717, 1.165) is 23.2 Å². The third-order valence-corrected chi connectivity index (χ3v) is 7.85. The van der Waals surface area contributed by atoms with Gasteiger partial charge in [-0.25, -0.2) is 19.9 Å². The van der Waals surface area contributed by atoms with Gasteiger partial charge >= 0.3 is 0 Å². The van der Waals surface area contributed by atoms with Crippen molar-refractivity contribution in [3.05, 3.63) is 102 Å². The first-order valence-electron chi connectivity index (χ1n) is 14.1. The van der Waals surface area contributed by atoms with Gasteiger partial charge < -0.3 is 20.9 Å². The number of aryl methyl sites for hydroxylation is 1. The normalized spacial score (nSPS) is 13.8. The highest BCUT2D eigenvalue weighted by atomic mass is 16.5. The van der Waals surface area contributed by atoms with Gasteiger partial charge in [-0.2, -0.15) is 0 Å². The molecule has 0 bridgehead atoms. The second kappa shape index (κ2) is 11.2. The standard InChI is InChI=1S/C33H26N8O4/c1-45-29-16-35-15-27(37-29)25-9-10-26-32(38-25)41(31(39-26)23-3-2-12-36-30(23)34)21-6-7-22-18(14-21)4-8-24(22)40-33(44)19-5-11-28(43)20(13-19)17-42/h2-3,5-7,9-17,24,43H,4,8H2,1H3,(H2,34,36)(H,40,44)/t24-/m0/s1. The number of nitrogens with one attached hydrogen (secondary N) is 1. The molecule has 1 aliphatic rings. The Hall–Kier alpha value is -6.17. The van der Waals surface area contributed by atoms with Crippen LogP contribution in [0, 0.1) is 0 Å². The summed E-state index contributed by atoms with van der Waals surface area (Å²) in [5.74, 6) is 0.800. The number of benzene rings is 2. The van der Waals surface area contributed by atoms with Gasteiger partial charge in [-0.3, -0.25) is 19.1 Å². The third-order valence-electron chi connectivity index (χ3n) is 7.85. The van der Waals surface area contributed by atoms with E-state index in [2.05, 4.69) is 26.3 Å². The summed E-state index contributed by atoms with van der Waals surface area (Å²) in [7, 11) is 1.53. The zero-order valence-electron chi connectivity index (χ0n) is 24.0. The maximum Gasteiger partial charge on any atom is 0.251 e. The van der Waals surface area contributed by atoms with Crippen molar-refractivity contribution in [2.24, 2.45) is 0 Å². The molecule has 0 aliphatic heterocycles. The minimum Gasteiger partial charge on any atom is -0.507 e. The van der Waals surface area contributed by atoms with Gasteiger partial charge in [-0.05, 0) is 78.6 Å². The van der Waals surface area contributed by atoms with Crippen LogP contribution in [0.1, 0.15) is 44.3 Å². The number of hydrogen-bond acceptors (Lipinski definition) is 10. The number of ether oxygens (including phenoxy) is 1. The number of pyridine rings is 2. The van der Waals surface area contributed by atoms with Crippen molar-refractivity contribution in [3.63, 3.8) is 0 Å². The molecule has 2 aromatic carbocycles. The van der Waals surface area contributed by atoms with Crippen molar-refractivity contribution in [1.29, 1.82) is 0 Å². The first kappa shape index (κ1) is 27.7. The maximum absolute atomic E-state index is 13.0. The van der Waals surface area contributed by atoms with Crippen molar-refractivity contribution in [2.45, 2.75) is 18.9 Å². The number of carbonyl (C=O) groups excluding carboxylic acids is 2.